The highest BCUT2D eigenvalue weighted by atomic mass is 16.5. The molecular weight excluding hydrogens is 354 g/mol. The molecule has 0 radical (unpaired) electrons. The average molecular weight is 381 g/mol. The Hall–Kier alpha value is -2.89. The number of hydrogen-bond donors (Lipinski definition) is 2. The minimum Gasteiger partial charge on any atom is -0.494 e. The molecule has 2 atom stereocenters. The van der Waals surface area contributed by atoms with Gasteiger partial charge in [0.2, 0.25) is 0 Å². The van der Waals surface area contributed by atoms with Crippen LogP contribution in [0.15, 0.2) is 41.4 Å². The number of nitrogens with two attached hydrogens (primary N) is 1. The van der Waals surface area contributed by atoms with E-state index in [4.69, 9.17) is 19.9 Å². The molecule has 28 heavy (non-hydrogen) atoms. The van der Waals surface area contributed by atoms with E-state index >= 15 is 0 Å². The lowest BCUT2D eigenvalue weighted by atomic mass is 10.0. The van der Waals surface area contributed by atoms with E-state index in [0.717, 1.165) is 41.2 Å². The summed E-state index contributed by atoms with van der Waals surface area (Å²) < 4.78 is 17.4. The number of nitrogens with one attached hydrogen (secondary N) is 1. The molecule has 2 aromatic carbocycles. The summed E-state index contributed by atoms with van der Waals surface area (Å²) in [5, 5.41) is 3.33. The average Bonchev–Trinajstić information content (AvgIpc) is 3.05. The molecule has 2 unspecified atom stereocenters. The van der Waals surface area contributed by atoms with E-state index in [1.807, 2.05) is 31.2 Å². The zero-order chi connectivity index (χ0) is 19.5. The largest absolute Gasteiger partial charge is 0.494 e. The fourth-order valence-electron chi connectivity index (χ4n) is 3.78. The van der Waals surface area contributed by atoms with E-state index in [1.54, 1.807) is 0 Å². The van der Waals surface area contributed by atoms with Crippen LogP contribution in [0, 0.1) is 0 Å². The maximum Gasteiger partial charge on any atom is 0.189 e. The van der Waals surface area contributed by atoms with Gasteiger partial charge in [-0.05, 0) is 32.0 Å². The third-order valence-corrected chi connectivity index (χ3v) is 5.08. The highest BCUT2D eigenvalue weighted by Gasteiger charge is 2.23. The van der Waals surface area contributed by atoms with Crippen molar-refractivity contribution in [1.82, 2.24) is 5.32 Å². The van der Waals surface area contributed by atoms with Gasteiger partial charge in [0, 0.05) is 29.5 Å². The Morgan fingerprint density at radius 1 is 1.29 bits per heavy atom. The molecule has 6 nitrogen and oxygen atoms in total. The molecule has 2 heterocycles. The first-order valence-corrected chi connectivity index (χ1v) is 9.87. The first kappa shape index (κ1) is 18.5. The molecule has 3 N–H and O–H groups in total. The molecule has 0 amide bonds. The smallest absolute Gasteiger partial charge is 0.189 e. The quantitative estimate of drug-likeness (QED) is 0.614. The lowest BCUT2D eigenvalue weighted by Gasteiger charge is -2.27. The lowest BCUT2D eigenvalue weighted by molar-refractivity contribution is 0.254. The summed E-state index contributed by atoms with van der Waals surface area (Å²) in [6.45, 7) is 5.77. The van der Waals surface area contributed by atoms with Gasteiger partial charge in [-0.25, -0.2) is 4.99 Å². The van der Waals surface area contributed by atoms with Gasteiger partial charge in [-0.3, -0.25) is 0 Å². The Morgan fingerprint density at radius 2 is 2.14 bits per heavy atom. The topological polar surface area (TPSA) is 78.1 Å². The molecule has 2 aliphatic rings. The second-order valence-corrected chi connectivity index (χ2v) is 7.21. The number of ether oxygens (including phenoxy) is 3. The molecule has 148 valence electrons. The Kier molecular flexibility index (Phi) is 5.28. The second kappa shape index (κ2) is 8.00. The fourth-order valence-corrected chi connectivity index (χ4v) is 3.78. The lowest BCUT2D eigenvalue weighted by Crippen LogP contribution is -2.37. The van der Waals surface area contributed by atoms with Crippen molar-refractivity contribution in [3.63, 3.8) is 0 Å². The van der Waals surface area contributed by atoms with Gasteiger partial charge >= 0.3 is 0 Å². The highest BCUT2D eigenvalue weighted by molar-refractivity contribution is 5.78. The van der Waals surface area contributed by atoms with Crippen LogP contribution in [0.3, 0.4) is 0 Å². The minimum absolute atomic E-state index is 0.101. The van der Waals surface area contributed by atoms with Gasteiger partial charge in [-0.1, -0.05) is 18.2 Å². The molecule has 0 spiro atoms. The summed E-state index contributed by atoms with van der Waals surface area (Å²) in [5.41, 5.74) is 9.47. The summed E-state index contributed by atoms with van der Waals surface area (Å²) in [6, 6.07) is 12.2. The van der Waals surface area contributed by atoms with Crippen LogP contribution in [0.1, 0.15) is 43.0 Å². The van der Waals surface area contributed by atoms with Crippen molar-refractivity contribution in [3.8, 4) is 17.2 Å². The van der Waals surface area contributed by atoms with Gasteiger partial charge in [0.25, 0.3) is 0 Å². The van der Waals surface area contributed by atoms with Gasteiger partial charge in [-0.2, -0.15) is 0 Å². The summed E-state index contributed by atoms with van der Waals surface area (Å²) >= 11 is 0. The van der Waals surface area contributed by atoms with Gasteiger partial charge < -0.3 is 25.3 Å². The van der Waals surface area contributed by atoms with Crippen LogP contribution in [-0.4, -0.2) is 25.3 Å². The molecule has 0 aromatic heterocycles. The SMILES string of the molecule is CCOc1cc2c(cc1CN=C(N)NC1CCOc3ccccc31)OC(C)C2. The van der Waals surface area contributed by atoms with E-state index in [-0.39, 0.29) is 12.1 Å². The van der Waals surface area contributed by atoms with Crippen molar-refractivity contribution < 1.29 is 14.2 Å². The Bertz CT molecular complexity index is 881. The second-order valence-electron chi connectivity index (χ2n) is 7.21. The number of para-hydroxylation sites is 1. The molecular formula is C22H27N3O3. The fraction of sp³-hybridized carbons (Fsp3) is 0.409. The summed E-state index contributed by atoms with van der Waals surface area (Å²) in [6.07, 6.45) is 1.96. The number of hydrogen-bond acceptors (Lipinski definition) is 4. The number of aliphatic imine (C=N–C) groups is 1. The van der Waals surface area contributed by atoms with Gasteiger partial charge in [0.15, 0.2) is 5.96 Å². The van der Waals surface area contributed by atoms with Crippen LogP contribution in [0.4, 0.5) is 0 Å². The summed E-state index contributed by atoms with van der Waals surface area (Å²) in [5.74, 6) is 3.10. The predicted octanol–water partition coefficient (Wildman–Crippen LogP) is 3.34. The maximum atomic E-state index is 6.19. The molecule has 0 aliphatic carbocycles. The first-order valence-electron chi connectivity index (χ1n) is 9.87. The number of rotatable bonds is 5. The van der Waals surface area contributed by atoms with Gasteiger partial charge in [0.05, 0.1) is 25.8 Å². The van der Waals surface area contributed by atoms with E-state index in [1.165, 1.54) is 5.56 Å². The van der Waals surface area contributed by atoms with Crippen LogP contribution in [0.25, 0.3) is 0 Å². The maximum absolute atomic E-state index is 6.19. The number of benzene rings is 2. The van der Waals surface area contributed by atoms with Crippen molar-refractivity contribution in [2.45, 2.75) is 45.4 Å². The third-order valence-electron chi connectivity index (χ3n) is 5.08. The van der Waals surface area contributed by atoms with E-state index < -0.39 is 0 Å². The Labute approximate surface area is 165 Å². The van der Waals surface area contributed by atoms with Crippen molar-refractivity contribution in [2.24, 2.45) is 10.7 Å². The standard InChI is InChI=1S/C22H27N3O3/c1-3-26-20-11-15-10-14(2)28-21(15)12-16(20)13-24-22(23)25-18-8-9-27-19-7-5-4-6-17(18)19/h4-7,11-12,14,18H,3,8-10,13H2,1-2H3,(H3,23,24,25). The predicted molar refractivity (Wildman–Crippen MR) is 109 cm³/mol. The monoisotopic (exact) mass is 381 g/mol. The molecule has 2 aliphatic heterocycles. The number of guanidine groups is 1. The van der Waals surface area contributed by atoms with E-state index in [0.29, 0.717) is 25.7 Å². The van der Waals surface area contributed by atoms with Crippen LogP contribution < -0.4 is 25.3 Å². The zero-order valence-electron chi connectivity index (χ0n) is 16.4. The molecule has 6 heteroatoms. The van der Waals surface area contributed by atoms with Crippen LogP contribution in [-0.2, 0) is 13.0 Å². The zero-order valence-corrected chi connectivity index (χ0v) is 16.4. The number of fused-ring (bicyclic) bond motifs is 2. The summed E-state index contributed by atoms with van der Waals surface area (Å²) in [4.78, 5) is 4.56. The Balaban J connectivity index is 1.49. The van der Waals surface area contributed by atoms with Gasteiger partial charge in [-0.15, -0.1) is 0 Å². The van der Waals surface area contributed by atoms with Crippen molar-refractivity contribution in [1.29, 1.82) is 0 Å². The van der Waals surface area contributed by atoms with Crippen LogP contribution >= 0.6 is 0 Å². The molecule has 4 rings (SSSR count). The highest BCUT2D eigenvalue weighted by Crippen LogP contribution is 2.35. The van der Waals surface area contributed by atoms with Crippen LogP contribution in [0.5, 0.6) is 17.2 Å². The summed E-state index contributed by atoms with van der Waals surface area (Å²) in [7, 11) is 0. The molecule has 0 saturated carbocycles. The molecule has 2 aromatic rings. The first-order chi connectivity index (χ1) is 13.6. The number of nitrogens with zero attached hydrogens (tertiary/aromatic N) is 1. The molecule has 0 bridgehead atoms. The van der Waals surface area contributed by atoms with Crippen molar-refractivity contribution >= 4 is 5.96 Å². The minimum atomic E-state index is 0.101. The van der Waals surface area contributed by atoms with Crippen molar-refractivity contribution in [2.75, 3.05) is 13.2 Å². The Morgan fingerprint density at radius 3 is 3.00 bits per heavy atom. The third kappa shape index (κ3) is 3.86. The van der Waals surface area contributed by atoms with Crippen LogP contribution in [0.2, 0.25) is 0 Å². The van der Waals surface area contributed by atoms with E-state index in [9.17, 15) is 0 Å². The van der Waals surface area contributed by atoms with Crippen molar-refractivity contribution in [3.05, 3.63) is 53.1 Å². The molecule has 0 saturated heterocycles. The molecule has 0 fully saturated rings. The normalized spacial score (nSPS) is 20.6. The van der Waals surface area contributed by atoms with E-state index in [2.05, 4.69) is 29.4 Å². The van der Waals surface area contributed by atoms with Gasteiger partial charge in [0.1, 0.15) is 23.4 Å².